The Kier molecular flexibility index (Phi) is 6.75. The minimum absolute atomic E-state index is 0.0958. The van der Waals surface area contributed by atoms with E-state index in [1.54, 1.807) is 13.0 Å². The zero-order valence-corrected chi connectivity index (χ0v) is 18.5. The fourth-order valence-electron chi connectivity index (χ4n) is 3.35. The van der Waals surface area contributed by atoms with Gasteiger partial charge in [-0.3, -0.25) is 4.31 Å². The van der Waals surface area contributed by atoms with Gasteiger partial charge in [-0.25, -0.2) is 17.2 Å². The number of hydrogen-bond donors (Lipinski definition) is 0. The van der Waals surface area contributed by atoms with Gasteiger partial charge in [0.05, 0.1) is 16.6 Å². The van der Waals surface area contributed by atoms with Gasteiger partial charge in [-0.05, 0) is 73.9 Å². The molecule has 0 heterocycles. The molecule has 157 valence electrons. The molecule has 2 aromatic rings. The van der Waals surface area contributed by atoms with Gasteiger partial charge in [0.25, 0.3) is 10.0 Å². The minimum atomic E-state index is -4.27. The highest BCUT2D eigenvalue weighted by atomic mass is 35.5. The van der Waals surface area contributed by atoms with Gasteiger partial charge in [-0.2, -0.15) is 0 Å². The molecule has 30 heavy (non-hydrogen) atoms. The fraction of sp³-hybridized carbons (Fsp3) is 0.182. The van der Waals surface area contributed by atoms with Crippen molar-refractivity contribution in [3.8, 4) is 0 Å². The summed E-state index contributed by atoms with van der Waals surface area (Å²) in [5, 5.41) is 0.355. The average molecular weight is 467 g/mol. The lowest BCUT2D eigenvalue weighted by molar-refractivity contribution is 0.574. The molecule has 0 spiro atoms. The molecule has 0 saturated heterocycles. The fourth-order valence-corrected chi connectivity index (χ4v) is 5.32. The zero-order valence-electron chi connectivity index (χ0n) is 16.1. The summed E-state index contributed by atoms with van der Waals surface area (Å²) in [5.74, 6) is -1.61. The lowest BCUT2D eigenvalue weighted by Gasteiger charge is -2.34. The molecule has 0 aromatic heterocycles. The monoisotopic (exact) mass is 466 g/mol. The standard InChI is InChI=1S/C22H19ClF2NO2S2/c1-3-15-4-8-18(29)13-20(15)14(2)26(22-12-17(24)7-11-21(22)25)30(27,28)19-9-5-16(23)6-10-19/h4-7,9-14H,1,3,8H2,2H3/t14-/m1/s1. The van der Waals surface area contributed by atoms with Gasteiger partial charge < -0.3 is 0 Å². The molecule has 0 bridgehead atoms. The minimum Gasteiger partial charge on any atom is -0.256 e. The van der Waals surface area contributed by atoms with Crippen molar-refractivity contribution in [3.05, 3.63) is 89.3 Å². The third-order valence-corrected chi connectivity index (χ3v) is 7.26. The number of thiocarbonyl (C=S) groups is 1. The van der Waals surface area contributed by atoms with E-state index in [0.717, 1.165) is 28.1 Å². The van der Waals surface area contributed by atoms with Crippen LogP contribution in [0.1, 0.15) is 19.8 Å². The summed E-state index contributed by atoms with van der Waals surface area (Å²) in [6, 6.07) is 7.35. The summed E-state index contributed by atoms with van der Waals surface area (Å²) >= 11 is 11.2. The maximum atomic E-state index is 14.7. The first-order valence-corrected chi connectivity index (χ1v) is 11.4. The predicted octanol–water partition coefficient (Wildman–Crippen LogP) is 6.05. The van der Waals surface area contributed by atoms with Crippen LogP contribution in [0.2, 0.25) is 5.02 Å². The SMILES string of the molecule is [CH2]CC1=CCC(=S)C=C1[C@@H](C)N(c1cc(F)ccc1F)S(=O)(=O)c1ccc(Cl)cc1. The normalized spacial score (nSPS) is 15.4. The summed E-state index contributed by atoms with van der Waals surface area (Å²) in [6.07, 6.45) is 4.55. The van der Waals surface area contributed by atoms with Gasteiger partial charge in [0.2, 0.25) is 0 Å². The highest BCUT2D eigenvalue weighted by Crippen LogP contribution is 2.35. The number of allylic oxidation sites excluding steroid dienone is 2. The summed E-state index contributed by atoms with van der Waals surface area (Å²) in [5.41, 5.74) is 1.02. The maximum absolute atomic E-state index is 14.7. The molecule has 1 aliphatic carbocycles. The molecule has 0 unspecified atom stereocenters. The number of nitrogens with zero attached hydrogens (tertiary/aromatic N) is 1. The van der Waals surface area contributed by atoms with Crippen LogP contribution in [0.15, 0.2) is 70.7 Å². The van der Waals surface area contributed by atoms with Crippen LogP contribution in [0.25, 0.3) is 0 Å². The van der Waals surface area contributed by atoms with Gasteiger partial charge in [0, 0.05) is 22.4 Å². The van der Waals surface area contributed by atoms with E-state index in [1.165, 1.54) is 24.3 Å². The number of anilines is 1. The van der Waals surface area contributed by atoms with E-state index in [1.807, 2.05) is 6.08 Å². The second-order valence-corrected chi connectivity index (χ2v) is 9.55. The van der Waals surface area contributed by atoms with E-state index in [9.17, 15) is 17.2 Å². The van der Waals surface area contributed by atoms with Crippen molar-refractivity contribution in [3.63, 3.8) is 0 Å². The van der Waals surface area contributed by atoms with E-state index in [0.29, 0.717) is 28.3 Å². The molecule has 2 aromatic carbocycles. The van der Waals surface area contributed by atoms with Gasteiger partial charge >= 0.3 is 0 Å². The van der Waals surface area contributed by atoms with Crippen molar-refractivity contribution < 1.29 is 17.2 Å². The molecule has 3 nitrogen and oxygen atoms in total. The predicted molar refractivity (Wildman–Crippen MR) is 120 cm³/mol. The molecule has 1 aliphatic rings. The Morgan fingerprint density at radius 3 is 2.50 bits per heavy atom. The van der Waals surface area contributed by atoms with Crippen LogP contribution in [0, 0.1) is 18.6 Å². The van der Waals surface area contributed by atoms with Crippen LogP contribution < -0.4 is 4.31 Å². The van der Waals surface area contributed by atoms with Crippen LogP contribution in [0.4, 0.5) is 14.5 Å². The molecule has 0 aliphatic heterocycles. The smallest absolute Gasteiger partial charge is 0.256 e. The van der Waals surface area contributed by atoms with E-state index >= 15 is 0 Å². The third-order valence-electron chi connectivity index (χ3n) is 4.82. The molecular formula is C22H19ClF2NO2S2. The summed E-state index contributed by atoms with van der Waals surface area (Å²) in [6.45, 7) is 5.50. The molecule has 3 rings (SSSR count). The van der Waals surface area contributed by atoms with Crippen molar-refractivity contribution in [2.24, 2.45) is 0 Å². The quantitative estimate of drug-likeness (QED) is 0.486. The average Bonchev–Trinajstić information content (AvgIpc) is 2.70. The molecule has 0 amide bonds. The molecule has 1 atom stereocenters. The largest absolute Gasteiger partial charge is 0.264 e. The van der Waals surface area contributed by atoms with Crippen molar-refractivity contribution in [1.29, 1.82) is 0 Å². The first-order chi connectivity index (χ1) is 14.1. The first-order valence-electron chi connectivity index (χ1n) is 9.13. The molecule has 1 radical (unpaired) electrons. The van der Waals surface area contributed by atoms with E-state index in [2.05, 4.69) is 6.92 Å². The van der Waals surface area contributed by atoms with Crippen LogP contribution in [-0.2, 0) is 10.0 Å². The van der Waals surface area contributed by atoms with E-state index in [-0.39, 0.29) is 4.90 Å². The molecular weight excluding hydrogens is 448 g/mol. The van der Waals surface area contributed by atoms with Gasteiger partial charge in [-0.1, -0.05) is 29.9 Å². The van der Waals surface area contributed by atoms with E-state index < -0.39 is 33.4 Å². The summed E-state index contributed by atoms with van der Waals surface area (Å²) < 4.78 is 56.8. The number of halogens is 3. The lowest BCUT2D eigenvalue weighted by atomic mass is 9.91. The highest BCUT2D eigenvalue weighted by molar-refractivity contribution is 7.92. The Morgan fingerprint density at radius 1 is 1.20 bits per heavy atom. The highest BCUT2D eigenvalue weighted by Gasteiger charge is 2.34. The second-order valence-electron chi connectivity index (χ2n) is 6.78. The number of hydrogen-bond acceptors (Lipinski definition) is 3. The number of sulfonamides is 1. The number of benzene rings is 2. The molecule has 0 fully saturated rings. The summed E-state index contributed by atoms with van der Waals surface area (Å²) in [4.78, 5) is 0.527. The summed E-state index contributed by atoms with van der Waals surface area (Å²) in [7, 11) is -4.27. The van der Waals surface area contributed by atoms with Crippen molar-refractivity contribution >= 4 is 44.4 Å². The van der Waals surface area contributed by atoms with Crippen molar-refractivity contribution in [2.75, 3.05) is 4.31 Å². The third kappa shape index (κ3) is 4.48. The van der Waals surface area contributed by atoms with Crippen LogP contribution in [0.3, 0.4) is 0 Å². The Labute approximate surface area is 185 Å². The Balaban J connectivity index is 2.22. The Morgan fingerprint density at radius 2 is 1.87 bits per heavy atom. The van der Waals surface area contributed by atoms with Crippen LogP contribution >= 0.6 is 23.8 Å². The van der Waals surface area contributed by atoms with Gasteiger partial charge in [0.1, 0.15) is 11.6 Å². The van der Waals surface area contributed by atoms with Crippen molar-refractivity contribution in [2.45, 2.75) is 30.7 Å². The Bertz CT molecular complexity index is 1140. The molecule has 8 heteroatoms. The second kappa shape index (κ2) is 8.96. The van der Waals surface area contributed by atoms with Crippen LogP contribution in [0.5, 0.6) is 0 Å². The van der Waals surface area contributed by atoms with Gasteiger partial charge in [0.15, 0.2) is 0 Å². The maximum Gasteiger partial charge on any atom is 0.264 e. The van der Waals surface area contributed by atoms with E-state index in [4.69, 9.17) is 23.8 Å². The van der Waals surface area contributed by atoms with Crippen LogP contribution in [-0.4, -0.2) is 19.3 Å². The van der Waals surface area contributed by atoms with Gasteiger partial charge in [-0.15, -0.1) is 0 Å². The number of rotatable bonds is 6. The molecule has 0 saturated carbocycles. The molecule has 0 N–H and O–H groups in total. The van der Waals surface area contributed by atoms with Crippen molar-refractivity contribution in [1.82, 2.24) is 0 Å². The Hall–Kier alpha value is -2.09. The zero-order chi connectivity index (χ0) is 22.1. The first kappa shape index (κ1) is 22.6. The lowest BCUT2D eigenvalue weighted by Crippen LogP contribution is -2.41. The topological polar surface area (TPSA) is 37.4 Å².